The van der Waals surface area contributed by atoms with Crippen LogP contribution in [0.2, 0.25) is 0 Å². The minimum atomic E-state index is -0.827. The van der Waals surface area contributed by atoms with Crippen molar-refractivity contribution < 1.29 is 9.90 Å². The van der Waals surface area contributed by atoms with Crippen LogP contribution in [0.15, 0.2) is 24.4 Å². The van der Waals surface area contributed by atoms with Gasteiger partial charge in [0.2, 0.25) is 0 Å². The molecule has 1 unspecified atom stereocenters. The zero-order chi connectivity index (χ0) is 9.68. The third kappa shape index (κ3) is 6.28. The van der Waals surface area contributed by atoms with Gasteiger partial charge < -0.3 is 10.8 Å². The van der Waals surface area contributed by atoms with Crippen LogP contribution in [0.25, 0.3) is 0 Å². The Hall–Kier alpha value is -0.840. The zero-order valence-electron chi connectivity index (χ0n) is 8.00. The highest BCUT2D eigenvalue weighted by Crippen LogP contribution is 2.11. The second kappa shape index (κ2) is 8.47. The van der Waals surface area contributed by atoms with Crippen molar-refractivity contribution in [1.29, 1.82) is 0 Å². The van der Waals surface area contributed by atoms with Gasteiger partial charge in [-0.3, -0.25) is 9.78 Å². The van der Waals surface area contributed by atoms with Gasteiger partial charge in [-0.05, 0) is 18.6 Å². The van der Waals surface area contributed by atoms with Crippen LogP contribution in [-0.2, 0) is 4.79 Å². The molecule has 1 heterocycles. The quantitative estimate of drug-likeness (QED) is 0.857. The first-order valence-corrected chi connectivity index (χ1v) is 4.08. The van der Waals surface area contributed by atoms with E-state index in [9.17, 15) is 4.79 Å². The van der Waals surface area contributed by atoms with Crippen LogP contribution in [-0.4, -0.2) is 16.1 Å². The number of halogens is 2. The third-order valence-electron chi connectivity index (χ3n) is 1.74. The molecule has 0 fully saturated rings. The fraction of sp³-hybridized carbons (Fsp3) is 0.333. The van der Waals surface area contributed by atoms with Gasteiger partial charge >= 0.3 is 5.97 Å². The number of aromatic nitrogens is 1. The molecule has 1 aromatic heterocycles. The van der Waals surface area contributed by atoms with Gasteiger partial charge in [-0.15, -0.1) is 24.8 Å². The number of pyridine rings is 1. The van der Waals surface area contributed by atoms with E-state index in [4.69, 9.17) is 10.8 Å². The number of hydrogen-bond donors (Lipinski definition) is 2. The Morgan fingerprint density at radius 2 is 2.13 bits per heavy atom. The first-order valence-electron chi connectivity index (χ1n) is 4.08. The predicted molar refractivity (Wildman–Crippen MR) is 62.5 cm³/mol. The minimum absolute atomic E-state index is 0. The summed E-state index contributed by atoms with van der Waals surface area (Å²) < 4.78 is 0. The van der Waals surface area contributed by atoms with Gasteiger partial charge in [0.1, 0.15) is 0 Å². The molecule has 0 saturated carbocycles. The number of nitrogens with two attached hydrogens (primary N) is 1. The monoisotopic (exact) mass is 252 g/mol. The molecule has 0 aromatic carbocycles. The molecule has 4 nitrogen and oxygen atoms in total. The lowest BCUT2D eigenvalue weighted by molar-refractivity contribution is -0.137. The number of carbonyl (C=O) groups is 1. The molecule has 0 bridgehead atoms. The van der Waals surface area contributed by atoms with E-state index < -0.39 is 5.97 Å². The fourth-order valence-corrected chi connectivity index (χ4v) is 1.02. The number of hydrogen-bond acceptors (Lipinski definition) is 3. The molecular formula is C9H14Cl2N2O2. The smallest absolute Gasteiger partial charge is 0.303 e. The Kier molecular flexibility index (Phi) is 9.36. The molecule has 0 saturated heterocycles. The van der Waals surface area contributed by atoms with E-state index in [0.717, 1.165) is 5.69 Å². The molecule has 0 aliphatic carbocycles. The summed E-state index contributed by atoms with van der Waals surface area (Å²) >= 11 is 0. The van der Waals surface area contributed by atoms with Crippen molar-refractivity contribution in [3.05, 3.63) is 30.1 Å². The van der Waals surface area contributed by atoms with Gasteiger partial charge in [0.25, 0.3) is 0 Å². The molecule has 1 atom stereocenters. The maximum absolute atomic E-state index is 10.3. The predicted octanol–water partition coefficient (Wildman–Crippen LogP) is 1.79. The van der Waals surface area contributed by atoms with Crippen LogP contribution in [0, 0.1) is 0 Å². The van der Waals surface area contributed by atoms with Crippen LogP contribution in [0.4, 0.5) is 0 Å². The molecule has 15 heavy (non-hydrogen) atoms. The van der Waals surface area contributed by atoms with Crippen LogP contribution < -0.4 is 5.73 Å². The molecule has 1 aromatic rings. The molecule has 0 aliphatic heterocycles. The normalized spacial score (nSPS) is 10.7. The van der Waals surface area contributed by atoms with Crippen LogP contribution in [0.5, 0.6) is 0 Å². The average molecular weight is 253 g/mol. The van der Waals surface area contributed by atoms with Gasteiger partial charge in [0, 0.05) is 18.7 Å². The van der Waals surface area contributed by atoms with E-state index in [-0.39, 0.29) is 37.3 Å². The van der Waals surface area contributed by atoms with Gasteiger partial charge in [-0.25, -0.2) is 0 Å². The maximum atomic E-state index is 10.3. The summed E-state index contributed by atoms with van der Waals surface area (Å²) in [5, 5.41) is 8.43. The lowest BCUT2D eigenvalue weighted by atomic mass is 10.1. The van der Waals surface area contributed by atoms with Crippen molar-refractivity contribution in [2.75, 3.05) is 0 Å². The molecule has 0 amide bonds. The molecule has 0 spiro atoms. The summed E-state index contributed by atoms with van der Waals surface area (Å²) in [4.78, 5) is 14.3. The average Bonchev–Trinajstić information content (AvgIpc) is 2.15. The van der Waals surface area contributed by atoms with E-state index in [1.165, 1.54) is 0 Å². The van der Waals surface area contributed by atoms with Crippen LogP contribution in [0.1, 0.15) is 24.6 Å². The summed E-state index contributed by atoms with van der Waals surface area (Å²) in [5.41, 5.74) is 6.46. The Labute approximate surface area is 101 Å². The van der Waals surface area contributed by atoms with Crippen LogP contribution in [0.3, 0.4) is 0 Å². The first-order chi connectivity index (χ1) is 6.20. The highest BCUT2D eigenvalue weighted by molar-refractivity contribution is 5.85. The van der Waals surface area contributed by atoms with Crippen molar-refractivity contribution in [1.82, 2.24) is 4.98 Å². The van der Waals surface area contributed by atoms with Gasteiger partial charge in [0.15, 0.2) is 0 Å². The van der Waals surface area contributed by atoms with Crippen molar-refractivity contribution in [2.45, 2.75) is 18.9 Å². The SMILES string of the molecule is Cl.Cl.NC(CCC(=O)O)c1ccccn1. The molecule has 0 aliphatic rings. The van der Waals surface area contributed by atoms with Crippen molar-refractivity contribution in [3.63, 3.8) is 0 Å². The molecule has 3 N–H and O–H groups in total. The van der Waals surface area contributed by atoms with Crippen LogP contribution >= 0.6 is 24.8 Å². The maximum Gasteiger partial charge on any atom is 0.303 e. The van der Waals surface area contributed by atoms with E-state index in [1.54, 1.807) is 18.3 Å². The lowest BCUT2D eigenvalue weighted by Gasteiger charge is -2.08. The van der Waals surface area contributed by atoms with E-state index >= 15 is 0 Å². The number of nitrogens with zero attached hydrogens (tertiary/aromatic N) is 1. The first kappa shape index (κ1) is 16.6. The molecule has 86 valence electrons. The highest BCUT2D eigenvalue weighted by atomic mass is 35.5. The summed E-state index contributed by atoms with van der Waals surface area (Å²) in [6.07, 6.45) is 2.15. The van der Waals surface area contributed by atoms with E-state index in [1.807, 2.05) is 6.07 Å². The third-order valence-corrected chi connectivity index (χ3v) is 1.74. The lowest BCUT2D eigenvalue weighted by Crippen LogP contribution is -2.13. The zero-order valence-corrected chi connectivity index (χ0v) is 9.63. The Morgan fingerprint density at radius 1 is 1.47 bits per heavy atom. The Balaban J connectivity index is 0. The summed E-state index contributed by atoms with van der Waals surface area (Å²) in [5.74, 6) is -0.827. The standard InChI is InChI=1S/C9H12N2O2.2ClH/c10-7(4-5-9(12)13)8-3-1-2-6-11-8;;/h1-3,6-7H,4-5,10H2,(H,12,13);2*1H. The fourth-order valence-electron chi connectivity index (χ4n) is 1.02. The number of carboxylic acid groups (broad SMARTS) is 1. The van der Waals surface area contributed by atoms with E-state index in [2.05, 4.69) is 4.98 Å². The highest BCUT2D eigenvalue weighted by Gasteiger charge is 2.08. The Morgan fingerprint density at radius 3 is 2.60 bits per heavy atom. The van der Waals surface area contributed by atoms with Crippen molar-refractivity contribution in [2.24, 2.45) is 5.73 Å². The van der Waals surface area contributed by atoms with E-state index in [0.29, 0.717) is 6.42 Å². The van der Waals surface area contributed by atoms with Gasteiger partial charge in [-0.1, -0.05) is 6.07 Å². The largest absolute Gasteiger partial charge is 0.481 e. The number of rotatable bonds is 4. The molecule has 0 radical (unpaired) electrons. The van der Waals surface area contributed by atoms with Crippen molar-refractivity contribution in [3.8, 4) is 0 Å². The Bertz CT molecular complexity index is 283. The summed E-state index contributed by atoms with van der Waals surface area (Å²) in [6, 6.07) is 5.15. The van der Waals surface area contributed by atoms with Crippen molar-refractivity contribution >= 4 is 30.8 Å². The minimum Gasteiger partial charge on any atom is -0.481 e. The molecule has 6 heteroatoms. The molecule has 1 rings (SSSR count). The summed E-state index contributed by atoms with van der Waals surface area (Å²) in [6.45, 7) is 0. The topological polar surface area (TPSA) is 76.2 Å². The summed E-state index contributed by atoms with van der Waals surface area (Å²) in [7, 11) is 0. The van der Waals surface area contributed by atoms with Gasteiger partial charge in [-0.2, -0.15) is 0 Å². The number of carboxylic acids is 1. The second-order valence-corrected chi connectivity index (χ2v) is 2.79. The number of aliphatic carboxylic acids is 1. The van der Waals surface area contributed by atoms with Gasteiger partial charge in [0.05, 0.1) is 5.69 Å². The second-order valence-electron chi connectivity index (χ2n) is 2.79. The molecular weight excluding hydrogens is 239 g/mol.